The van der Waals surface area contributed by atoms with Crippen molar-refractivity contribution in [3.05, 3.63) is 29.8 Å². The van der Waals surface area contributed by atoms with E-state index in [1.807, 2.05) is 6.07 Å². The van der Waals surface area contributed by atoms with E-state index < -0.39 is 0 Å². The molecule has 1 heterocycles. The molecule has 3 atom stereocenters. The Hall–Kier alpha value is -1.02. The second-order valence-electron chi connectivity index (χ2n) is 6.16. The van der Waals surface area contributed by atoms with Crippen molar-refractivity contribution in [2.45, 2.75) is 50.6 Å². The van der Waals surface area contributed by atoms with Crippen molar-refractivity contribution in [1.29, 1.82) is 0 Å². The van der Waals surface area contributed by atoms with Gasteiger partial charge in [0.2, 0.25) is 0 Å². The standard InChI is InChI=1S/C17H25NO/c1-18-16-10-5-3-4-7-14(16)12-17(18)13-8-6-9-15(11-13)19-2/h6,8-9,11,14,16-17H,3-5,7,10,12H2,1-2H3/t14-,16+,17+/m0/s1. The summed E-state index contributed by atoms with van der Waals surface area (Å²) in [5, 5.41) is 0. The van der Waals surface area contributed by atoms with Gasteiger partial charge in [-0.15, -0.1) is 0 Å². The molecule has 0 amide bonds. The predicted molar refractivity (Wildman–Crippen MR) is 78.5 cm³/mol. The molecule has 0 bridgehead atoms. The van der Waals surface area contributed by atoms with Crippen LogP contribution in [0.4, 0.5) is 0 Å². The predicted octanol–water partition coefficient (Wildman–Crippen LogP) is 4.02. The summed E-state index contributed by atoms with van der Waals surface area (Å²) < 4.78 is 5.37. The summed E-state index contributed by atoms with van der Waals surface area (Å²) in [5.41, 5.74) is 1.43. The highest BCUT2D eigenvalue weighted by atomic mass is 16.5. The fourth-order valence-electron chi connectivity index (χ4n) is 4.08. The molecule has 1 aliphatic heterocycles. The van der Waals surface area contributed by atoms with Gasteiger partial charge in [-0.2, -0.15) is 0 Å². The van der Waals surface area contributed by atoms with Crippen LogP contribution in [0.2, 0.25) is 0 Å². The zero-order valence-electron chi connectivity index (χ0n) is 12.1. The average molecular weight is 259 g/mol. The molecule has 104 valence electrons. The molecule has 0 radical (unpaired) electrons. The maximum absolute atomic E-state index is 5.37. The number of hydrogen-bond donors (Lipinski definition) is 0. The minimum absolute atomic E-state index is 0.586. The van der Waals surface area contributed by atoms with Crippen LogP contribution in [0, 0.1) is 5.92 Å². The Bertz CT molecular complexity index is 431. The molecule has 1 aromatic carbocycles. The van der Waals surface area contributed by atoms with Crippen LogP contribution in [0.5, 0.6) is 5.75 Å². The van der Waals surface area contributed by atoms with Gasteiger partial charge in [0.15, 0.2) is 0 Å². The summed E-state index contributed by atoms with van der Waals surface area (Å²) in [5.74, 6) is 1.89. The highest BCUT2D eigenvalue weighted by Gasteiger charge is 2.39. The summed E-state index contributed by atoms with van der Waals surface area (Å²) in [4.78, 5) is 2.63. The number of ether oxygens (including phenoxy) is 1. The molecule has 3 rings (SSSR count). The number of benzene rings is 1. The first kappa shape index (κ1) is 13.0. The largest absolute Gasteiger partial charge is 0.497 e. The Morgan fingerprint density at radius 1 is 1.16 bits per heavy atom. The fourth-order valence-corrected chi connectivity index (χ4v) is 4.08. The third-order valence-corrected chi connectivity index (χ3v) is 5.14. The van der Waals surface area contributed by atoms with E-state index in [1.54, 1.807) is 7.11 Å². The van der Waals surface area contributed by atoms with E-state index in [9.17, 15) is 0 Å². The Morgan fingerprint density at radius 3 is 2.84 bits per heavy atom. The first-order valence-corrected chi connectivity index (χ1v) is 7.65. The molecule has 1 saturated carbocycles. The van der Waals surface area contributed by atoms with Crippen LogP contribution in [0.3, 0.4) is 0 Å². The number of nitrogens with zero attached hydrogens (tertiary/aromatic N) is 1. The molecule has 0 aromatic heterocycles. The number of rotatable bonds is 2. The minimum atomic E-state index is 0.586. The molecule has 0 N–H and O–H groups in total. The molecule has 2 aliphatic rings. The zero-order valence-corrected chi connectivity index (χ0v) is 12.1. The van der Waals surface area contributed by atoms with Crippen LogP contribution >= 0.6 is 0 Å². The van der Waals surface area contributed by atoms with Gasteiger partial charge in [0.25, 0.3) is 0 Å². The third kappa shape index (κ3) is 2.51. The second kappa shape index (κ2) is 5.54. The van der Waals surface area contributed by atoms with E-state index in [2.05, 4.69) is 30.1 Å². The smallest absolute Gasteiger partial charge is 0.119 e. The lowest BCUT2D eigenvalue weighted by Gasteiger charge is -2.27. The van der Waals surface area contributed by atoms with E-state index in [0.29, 0.717) is 6.04 Å². The lowest BCUT2D eigenvalue weighted by molar-refractivity contribution is 0.216. The molecule has 1 aliphatic carbocycles. The van der Waals surface area contributed by atoms with Crippen molar-refractivity contribution in [3.8, 4) is 5.75 Å². The summed E-state index contributed by atoms with van der Waals surface area (Å²) in [7, 11) is 4.07. The number of fused-ring (bicyclic) bond motifs is 1. The van der Waals surface area contributed by atoms with Gasteiger partial charge < -0.3 is 4.74 Å². The molecule has 1 saturated heterocycles. The van der Waals surface area contributed by atoms with Gasteiger partial charge in [0, 0.05) is 12.1 Å². The zero-order chi connectivity index (χ0) is 13.2. The average Bonchev–Trinajstić information content (AvgIpc) is 2.64. The molecular formula is C17H25NO. The lowest BCUT2D eigenvalue weighted by atomic mass is 9.93. The van der Waals surface area contributed by atoms with Gasteiger partial charge in [-0.3, -0.25) is 4.90 Å². The van der Waals surface area contributed by atoms with Gasteiger partial charge in [-0.25, -0.2) is 0 Å². The number of likely N-dealkylation sites (tertiary alicyclic amines) is 1. The minimum Gasteiger partial charge on any atom is -0.497 e. The van der Waals surface area contributed by atoms with Gasteiger partial charge in [-0.05, 0) is 49.9 Å². The summed E-state index contributed by atoms with van der Waals surface area (Å²) >= 11 is 0. The first-order valence-electron chi connectivity index (χ1n) is 7.65. The molecule has 2 nitrogen and oxygen atoms in total. The molecule has 0 spiro atoms. The second-order valence-corrected chi connectivity index (χ2v) is 6.16. The molecule has 1 aromatic rings. The maximum Gasteiger partial charge on any atom is 0.119 e. The van der Waals surface area contributed by atoms with Crippen molar-refractivity contribution in [2.24, 2.45) is 5.92 Å². The van der Waals surface area contributed by atoms with Crippen molar-refractivity contribution in [1.82, 2.24) is 4.90 Å². The highest BCUT2D eigenvalue weighted by molar-refractivity contribution is 5.31. The molecular weight excluding hydrogens is 234 g/mol. The first-order chi connectivity index (χ1) is 9.29. The van der Waals surface area contributed by atoms with Gasteiger partial charge in [0.1, 0.15) is 5.75 Å². The number of methoxy groups -OCH3 is 1. The van der Waals surface area contributed by atoms with Crippen LogP contribution in [0.25, 0.3) is 0 Å². The van der Waals surface area contributed by atoms with Crippen LogP contribution < -0.4 is 4.74 Å². The van der Waals surface area contributed by atoms with E-state index in [0.717, 1.165) is 17.7 Å². The normalized spacial score (nSPS) is 31.8. The fraction of sp³-hybridized carbons (Fsp3) is 0.647. The maximum atomic E-state index is 5.37. The topological polar surface area (TPSA) is 12.5 Å². The Morgan fingerprint density at radius 2 is 2.00 bits per heavy atom. The van der Waals surface area contributed by atoms with E-state index in [4.69, 9.17) is 4.74 Å². The molecule has 2 fully saturated rings. The van der Waals surface area contributed by atoms with Crippen molar-refractivity contribution < 1.29 is 4.74 Å². The van der Waals surface area contributed by atoms with Crippen molar-refractivity contribution in [3.63, 3.8) is 0 Å². The van der Waals surface area contributed by atoms with Crippen LogP contribution in [-0.2, 0) is 0 Å². The monoisotopic (exact) mass is 259 g/mol. The summed E-state index contributed by atoms with van der Waals surface area (Å²) in [6.07, 6.45) is 8.42. The number of hydrogen-bond acceptors (Lipinski definition) is 2. The Balaban J connectivity index is 1.81. The van der Waals surface area contributed by atoms with Crippen LogP contribution in [-0.4, -0.2) is 25.1 Å². The van der Waals surface area contributed by atoms with Crippen LogP contribution in [0.15, 0.2) is 24.3 Å². The van der Waals surface area contributed by atoms with Crippen LogP contribution in [0.1, 0.15) is 50.1 Å². The summed E-state index contributed by atoms with van der Waals surface area (Å²) in [6, 6.07) is 10.0. The van der Waals surface area contributed by atoms with Gasteiger partial charge in [-0.1, -0.05) is 31.4 Å². The van der Waals surface area contributed by atoms with E-state index in [1.165, 1.54) is 44.1 Å². The SMILES string of the molecule is COc1cccc([C@H]2C[C@@H]3CCCCC[C@H]3N2C)c1. The quantitative estimate of drug-likeness (QED) is 0.795. The Kier molecular flexibility index (Phi) is 3.79. The van der Waals surface area contributed by atoms with Crippen molar-refractivity contribution in [2.75, 3.05) is 14.2 Å². The van der Waals surface area contributed by atoms with E-state index >= 15 is 0 Å². The molecule has 0 unspecified atom stereocenters. The highest BCUT2D eigenvalue weighted by Crippen LogP contribution is 2.44. The van der Waals surface area contributed by atoms with Gasteiger partial charge >= 0.3 is 0 Å². The summed E-state index contributed by atoms with van der Waals surface area (Å²) in [6.45, 7) is 0. The van der Waals surface area contributed by atoms with E-state index in [-0.39, 0.29) is 0 Å². The molecule has 19 heavy (non-hydrogen) atoms. The lowest BCUT2D eigenvalue weighted by Crippen LogP contribution is -2.30. The third-order valence-electron chi connectivity index (χ3n) is 5.14. The van der Waals surface area contributed by atoms with Crippen molar-refractivity contribution >= 4 is 0 Å². The van der Waals surface area contributed by atoms with Gasteiger partial charge in [0.05, 0.1) is 7.11 Å². The molecule has 2 heteroatoms. The Labute approximate surface area is 116 Å².